The molecular weight excluding hydrogens is 344 g/mol. The molecule has 1 aliphatic heterocycles. The van der Waals surface area contributed by atoms with Crippen molar-refractivity contribution in [3.05, 3.63) is 58.8 Å². The van der Waals surface area contributed by atoms with Gasteiger partial charge in [-0.25, -0.2) is 4.98 Å². The molecule has 3 aromatic heterocycles. The van der Waals surface area contributed by atoms with Crippen molar-refractivity contribution in [3.8, 4) is 5.88 Å². The van der Waals surface area contributed by atoms with Crippen LogP contribution in [-0.2, 0) is 33.7 Å². The van der Waals surface area contributed by atoms with Gasteiger partial charge in [-0.05, 0) is 13.0 Å². The topological polar surface area (TPSA) is 78.1 Å². The zero-order chi connectivity index (χ0) is 19.0. The minimum atomic E-state index is 0.00620. The number of fused-ring (bicyclic) bond motifs is 1. The molecule has 3 aromatic rings. The number of hydrogen-bond acceptors (Lipinski definition) is 5. The quantitative estimate of drug-likeness (QED) is 0.701. The van der Waals surface area contributed by atoms with Gasteiger partial charge < -0.3 is 9.64 Å². The molecule has 1 aliphatic rings. The molecule has 0 unspecified atom stereocenters. The molecular formula is C19H22N6O2. The van der Waals surface area contributed by atoms with E-state index < -0.39 is 0 Å². The van der Waals surface area contributed by atoms with Gasteiger partial charge in [-0.1, -0.05) is 6.07 Å². The predicted molar refractivity (Wildman–Crippen MR) is 98.2 cm³/mol. The van der Waals surface area contributed by atoms with Crippen LogP contribution in [0.3, 0.4) is 0 Å². The van der Waals surface area contributed by atoms with Crippen LogP contribution in [0.4, 0.5) is 0 Å². The molecule has 4 rings (SSSR count). The monoisotopic (exact) mass is 366 g/mol. The highest BCUT2D eigenvalue weighted by Gasteiger charge is 2.28. The summed E-state index contributed by atoms with van der Waals surface area (Å²) < 4.78 is 9.34. The Morgan fingerprint density at radius 2 is 2.11 bits per heavy atom. The maximum absolute atomic E-state index is 12.9. The molecule has 0 spiro atoms. The number of ether oxygens (including phenoxy) is 1. The van der Waals surface area contributed by atoms with Crippen LogP contribution in [0.1, 0.15) is 33.0 Å². The summed E-state index contributed by atoms with van der Waals surface area (Å²) in [4.78, 5) is 19.0. The van der Waals surface area contributed by atoms with Gasteiger partial charge in [0.2, 0.25) is 5.88 Å². The predicted octanol–water partition coefficient (Wildman–Crippen LogP) is 1.63. The lowest BCUT2D eigenvalue weighted by atomic mass is 10.0. The molecule has 27 heavy (non-hydrogen) atoms. The van der Waals surface area contributed by atoms with E-state index in [9.17, 15) is 4.79 Å². The van der Waals surface area contributed by atoms with Crippen LogP contribution < -0.4 is 4.74 Å². The lowest BCUT2D eigenvalue weighted by Gasteiger charge is -2.27. The van der Waals surface area contributed by atoms with Crippen molar-refractivity contribution in [2.45, 2.75) is 26.5 Å². The minimum Gasteiger partial charge on any atom is -0.471 e. The number of amides is 1. The summed E-state index contributed by atoms with van der Waals surface area (Å²) in [7, 11) is 3.76. The first-order valence-electron chi connectivity index (χ1n) is 8.90. The summed E-state index contributed by atoms with van der Waals surface area (Å²) >= 11 is 0. The van der Waals surface area contributed by atoms with E-state index in [-0.39, 0.29) is 5.91 Å². The Bertz CT molecular complexity index is 976. The van der Waals surface area contributed by atoms with Gasteiger partial charge in [-0.15, -0.1) is 0 Å². The summed E-state index contributed by atoms with van der Waals surface area (Å²) in [5.74, 6) is 0.568. The van der Waals surface area contributed by atoms with Gasteiger partial charge in [-0.2, -0.15) is 10.2 Å². The first-order valence-corrected chi connectivity index (χ1v) is 8.90. The number of aromatic nitrogens is 5. The van der Waals surface area contributed by atoms with E-state index in [1.54, 1.807) is 17.1 Å². The number of aryl methyl sites for hydroxylation is 3. The highest BCUT2D eigenvalue weighted by atomic mass is 16.5. The molecule has 8 heteroatoms. The third kappa shape index (κ3) is 3.30. The lowest BCUT2D eigenvalue weighted by Crippen LogP contribution is -2.36. The van der Waals surface area contributed by atoms with Crippen molar-refractivity contribution < 1.29 is 9.53 Å². The molecule has 8 nitrogen and oxygen atoms in total. The summed E-state index contributed by atoms with van der Waals surface area (Å²) in [6, 6.07) is 5.54. The van der Waals surface area contributed by atoms with Gasteiger partial charge in [-0.3, -0.25) is 14.2 Å². The SMILES string of the molecule is Cc1nn(C)cc1C(=O)N1CCc2c(c(COc3ccccn3)nn2C)C1. The molecule has 4 heterocycles. The van der Waals surface area contributed by atoms with Gasteiger partial charge in [0.1, 0.15) is 12.3 Å². The van der Waals surface area contributed by atoms with Crippen LogP contribution in [0.15, 0.2) is 30.6 Å². The Morgan fingerprint density at radius 1 is 1.26 bits per heavy atom. The molecule has 0 radical (unpaired) electrons. The third-order valence-electron chi connectivity index (χ3n) is 4.85. The second kappa shape index (κ2) is 6.86. The van der Waals surface area contributed by atoms with Gasteiger partial charge >= 0.3 is 0 Å². The number of carbonyl (C=O) groups is 1. The molecule has 140 valence electrons. The average Bonchev–Trinajstić information content (AvgIpc) is 3.18. The molecule has 0 N–H and O–H groups in total. The first-order chi connectivity index (χ1) is 13.0. The normalized spacial score (nSPS) is 13.5. The molecule has 0 bridgehead atoms. The average molecular weight is 366 g/mol. The van der Waals surface area contributed by atoms with Crippen LogP contribution in [-0.4, -0.2) is 41.9 Å². The Labute approximate surface area is 157 Å². The Balaban J connectivity index is 1.54. The molecule has 0 saturated carbocycles. The lowest BCUT2D eigenvalue weighted by molar-refractivity contribution is 0.0731. The molecule has 0 aliphatic carbocycles. The van der Waals surface area contributed by atoms with Gasteiger partial charge in [0.15, 0.2) is 0 Å². The molecule has 0 aromatic carbocycles. The summed E-state index contributed by atoms with van der Waals surface area (Å²) in [6.07, 6.45) is 4.24. The number of hydrogen-bond donors (Lipinski definition) is 0. The second-order valence-electron chi connectivity index (χ2n) is 6.73. The van der Waals surface area contributed by atoms with Crippen LogP contribution in [0.25, 0.3) is 0 Å². The highest BCUT2D eigenvalue weighted by Crippen LogP contribution is 2.25. The molecule has 1 amide bonds. The molecule has 0 saturated heterocycles. The van der Waals surface area contributed by atoms with Crippen LogP contribution >= 0.6 is 0 Å². The van der Waals surface area contributed by atoms with Gasteiger partial charge in [0.05, 0.1) is 11.3 Å². The zero-order valence-electron chi connectivity index (χ0n) is 15.7. The summed E-state index contributed by atoms with van der Waals surface area (Å²) in [5, 5.41) is 8.89. The van der Waals surface area contributed by atoms with Crippen molar-refractivity contribution in [2.75, 3.05) is 6.54 Å². The fourth-order valence-corrected chi connectivity index (χ4v) is 3.51. The van der Waals surface area contributed by atoms with Crippen molar-refractivity contribution >= 4 is 5.91 Å². The zero-order valence-corrected chi connectivity index (χ0v) is 15.7. The number of carbonyl (C=O) groups excluding carboxylic acids is 1. The summed E-state index contributed by atoms with van der Waals surface area (Å²) in [6.45, 7) is 3.38. The second-order valence-corrected chi connectivity index (χ2v) is 6.73. The Morgan fingerprint density at radius 3 is 2.81 bits per heavy atom. The minimum absolute atomic E-state index is 0.00620. The van der Waals surface area contributed by atoms with Crippen LogP contribution in [0, 0.1) is 6.92 Å². The largest absolute Gasteiger partial charge is 0.471 e. The fraction of sp³-hybridized carbons (Fsp3) is 0.368. The van der Waals surface area contributed by atoms with Crippen molar-refractivity contribution in [2.24, 2.45) is 14.1 Å². The van der Waals surface area contributed by atoms with E-state index in [1.165, 1.54) is 0 Å². The van der Waals surface area contributed by atoms with E-state index >= 15 is 0 Å². The van der Waals surface area contributed by atoms with Crippen molar-refractivity contribution in [3.63, 3.8) is 0 Å². The van der Waals surface area contributed by atoms with E-state index in [1.807, 2.05) is 48.8 Å². The van der Waals surface area contributed by atoms with E-state index in [0.717, 1.165) is 29.1 Å². The van der Waals surface area contributed by atoms with Crippen molar-refractivity contribution in [1.82, 2.24) is 29.4 Å². The number of rotatable bonds is 4. The first kappa shape index (κ1) is 17.3. The Hall–Kier alpha value is -3.16. The van der Waals surface area contributed by atoms with Gasteiger partial charge in [0.25, 0.3) is 5.91 Å². The number of pyridine rings is 1. The number of nitrogens with zero attached hydrogens (tertiary/aromatic N) is 6. The smallest absolute Gasteiger partial charge is 0.257 e. The van der Waals surface area contributed by atoms with Crippen LogP contribution in [0.5, 0.6) is 5.88 Å². The standard InChI is InChI=1S/C19H22N6O2/c1-13-14(10-23(2)21-13)19(26)25-9-7-17-15(11-25)16(22-24(17)3)12-27-18-6-4-5-8-20-18/h4-6,8,10H,7,9,11-12H2,1-3H3. The van der Waals surface area contributed by atoms with Crippen molar-refractivity contribution in [1.29, 1.82) is 0 Å². The molecule has 0 fully saturated rings. The fourth-order valence-electron chi connectivity index (χ4n) is 3.51. The maximum atomic E-state index is 12.9. The van der Waals surface area contributed by atoms with Gasteiger partial charge in [0, 0.05) is 63.3 Å². The highest BCUT2D eigenvalue weighted by molar-refractivity contribution is 5.95. The summed E-state index contributed by atoms with van der Waals surface area (Å²) in [5.41, 5.74) is 4.46. The molecule has 0 atom stereocenters. The maximum Gasteiger partial charge on any atom is 0.257 e. The van der Waals surface area contributed by atoms with Crippen LogP contribution in [0.2, 0.25) is 0 Å². The third-order valence-corrected chi connectivity index (χ3v) is 4.85. The van der Waals surface area contributed by atoms with E-state index in [0.29, 0.717) is 31.1 Å². The van der Waals surface area contributed by atoms with E-state index in [4.69, 9.17) is 4.74 Å². The Kier molecular flexibility index (Phi) is 4.39. The van der Waals surface area contributed by atoms with E-state index in [2.05, 4.69) is 15.2 Å².